The number of anilines is 1. The van der Waals surface area contributed by atoms with Crippen molar-refractivity contribution in [3.63, 3.8) is 0 Å². The second-order valence-electron chi connectivity index (χ2n) is 7.87. The molecule has 0 N–H and O–H groups in total. The van der Waals surface area contributed by atoms with E-state index in [1.54, 1.807) is 0 Å². The van der Waals surface area contributed by atoms with E-state index in [-0.39, 0.29) is 5.04 Å². The van der Waals surface area contributed by atoms with Crippen molar-refractivity contribution >= 4 is 19.8 Å². The average molecular weight is 349 g/mol. The molecule has 1 fully saturated rings. The van der Waals surface area contributed by atoms with E-state index in [9.17, 15) is 0 Å². The van der Waals surface area contributed by atoms with Crippen LogP contribution in [0.25, 0.3) is 5.65 Å². The summed E-state index contributed by atoms with van der Waals surface area (Å²) in [6.45, 7) is 15.1. The minimum Gasteiger partial charge on any atom is -0.411 e. The van der Waals surface area contributed by atoms with Gasteiger partial charge in [-0.2, -0.15) is 0 Å². The van der Waals surface area contributed by atoms with Crippen molar-refractivity contribution in [1.29, 1.82) is 0 Å². The summed E-state index contributed by atoms with van der Waals surface area (Å²) in [6, 6.07) is 4.06. The van der Waals surface area contributed by atoms with Gasteiger partial charge in [-0.3, -0.25) is 0 Å². The predicted octanol–water partition coefficient (Wildman–Crippen LogP) is 3.09. The summed E-state index contributed by atoms with van der Waals surface area (Å²) in [5.74, 6) is 0.972. The van der Waals surface area contributed by atoms with Gasteiger partial charge in [-0.1, -0.05) is 20.8 Å². The third-order valence-corrected chi connectivity index (χ3v) is 9.56. The van der Waals surface area contributed by atoms with Crippen molar-refractivity contribution in [2.75, 3.05) is 31.2 Å². The summed E-state index contributed by atoms with van der Waals surface area (Å²) in [7, 11) is -1.77. The molecule has 6 nitrogen and oxygen atoms in total. The molecule has 1 aliphatic rings. The predicted molar refractivity (Wildman–Crippen MR) is 98.0 cm³/mol. The summed E-state index contributed by atoms with van der Waals surface area (Å²) < 4.78 is 13.5. The highest BCUT2D eigenvalue weighted by atomic mass is 28.4. The maximum absolute atomic E-state index is 6.26. The molecule has 0 aromatic carbocycles. The summed E-state index contributed by atoms with van der Waals surface area (Å²) in [4.78, 5) is 6.88. The number of morpholine rings is 1. The van der Waals surface area contributed by atoms with E-state index in [1.165, 1.54) is 0 Å². The number of hydrogen-bond donors (Lipinski definition) is 0. The van der Waals surface area contributed by atoms with Crippen LogP contribution in [0.15, 0.2) is 18.3 Å². The van der Waals surface area contributed by atoms with Gasteiger partial charge in [-0.15, -0.1) is 5.10 Å². The van der Waals surface area contributed by atoms with Gasteiger partial charge in [0.2, 0.25) is 0 Å². The second-order valence-corrected chi connectivity index (χ2v) is 12.7. The van der Waals surface area contributed by atoms with Crippen LogP contribution < -0.4 is 4.90 Å². The molecule has 7 heteroatoms. The lowest BCUT2D eigenvalue weighted by Crippen LogP contribution is -2.40. The van der Waals surface area contributed by atoms with Crippen molar-refractivity contribution < 1.29 is 9.16 Å². The summed E-state index contributed by atoms with van der Waals surface area (Å²) >= 11 is 0. The lowest BCUT2D eigenvalue weighted by atomic mass is 10.2. The Labute approximate surface area is 144 Å². The lowest BCUT2D eigenvalue weighted by molar-refractivity contribution is 0.122. The molecule has 0 unspecified atom stereocenters. The number of aromatic nitrogens is 3. The zero-order valence-corrected chi connectivity index (χ0v) is 16.4. The first-order valence-electron chi connectivity index (χ1n) is 8.58. The highest BCUT2D eigenvalue weighted by Crippen LogP contribution is 2.37. The Balaban J connectivity index is 1.74. The van der Waals surface area contributed by atoms with E-state index in [0.29, 0.717) is 6.61 Å². The molecule has 24 heavy (non-hydrogen) atoms. The van der Waals surface area contributed by atoms with Crippen LogP contribution in [0.3, 0.4) is 0 Å². The molecular formula is C17H28N4O2Si. The number of nitrogens with zero attached hydrogens (tertiary/aromatic N) is 4. The lowest BCUT2D eigenvalue weighted by Gasteiger charge is -2.35. The largest absolute Gasteiger partial charge is 0.411 e. The number of fused-ring (bicyclic) bond motifs is 1. The van der Waals surface area contributed by atoms with Crippen LogP contribution in [-0.2, 0) is 15.8 Å². The van der Waals surface area contributed by atoms with Gasteiger partial charge in [-0.25, -0.2) is 9.50 Å². The highest BCUT2D eigenvalue weighted by molar-refractivity contribution is 6.74. The summed E-state index contributed by atoms with van der Waals surface area (Å²) in [5.41, 5.74) is 1.80. The Bertz CT molecular complexity index is 702. The van der Waals surface area contributed by atoms with E-state index in [0.717, 1.165) is 43.5 Å². The molecule has 2 aromatic rings. The highest BCUT2D eigenvalue weighted by Gasteiger charge is 2.37. The Morgan fingerprint density at radius 1 is 1.21 bits per heavy atom. The maximum Gasteiger partial charge on any atom is 0.192 e. The van der Waals surface area contributed by atoms with Gasteiger partial charge in [0.1, 0.15) is 5.82 Å². The van der Waals surface area contributed by atoms with Crippen molar-refractivity contribution in [1.82, 2.24) is 14.6 Å². The SMILES string of the molecule is CC(C)(C)[Si](C)(C)OCc1cn2nc(N3CCOCC3)ccc2n1. The van der Waals surface area contributed by atoms with Crippen molar-refractivity contribution in [2.24, 2.45) is 0 Å². The van der Waals surface area contributed by atoms with Crippen LogP contribution in [0.2, 0.25) is 18.1 Å². The fourth-order valence-electron chi connectivity index (χ4n) is 2.42. The molecule has 1 aliphatic heterocycles. The van der Waals surface area contributed by atoms with E-state index in [1.807, 2.05) is 22.8 Å². The summed E-state index contributed by atoms with van der Waals surface area (Å²) in [5, 5.41) is 4.90. The van der Waals surface area contributed by atoms with Crippen LogP contribution >= 0.6 is 0 Å². The Kier molecular flexibility index (Phi) is 4.68. The first-order chi connectivity index (χ1) is 11.3. The molecular weight excluding hydrogens is 320 g/mol. The van der Waals surface area contributed by atoms with Gasteiger partial charge in [0.15, 0.2) is 14.0 Å². The van der Waals surface area contributed by atoms with Gasteiger partial charge in [-0.05, 0) is 30.3 Å². The third kappa shape index (κ3) is 3.63. The van der Waals surface area contributed by atoms with E-state index < -0.39 is 8.32 Å². The molecule has 1 saturated heterocycles. The molecule has 0 radical (unpaired) electrons. The molecule has 0 bridgehead atoms. The Morgan fingerprint density at radius 3 is 2.58 bits per heavy atom. The first kappa shape index (κ1) is 17.4. The monoisotopic (exact) mass is 348 g/mol. The fourth-order valence-corrected chi connectivity index (χ4v) is 3.36. The molecule has 0 amide bonds. The number of rotatable bonds is 4. The van der Waals surface area contributed by atoms with Crippen LogP contribution in [-0.4, -0.2) is 49.2 Å². The normalized spacial score (nSPS) is 16.8. The third-order valence-electron chi connectivity index (χ3n) is 5.08. The molecule has 0 saturated carbocycles. The zero-order valence-electron chi connectivity index (χ0n) is 15.4. The molecule has 3 heterocycles. The van der Waals surface area contributed by atoms with E-state index in [4.69, 9.17) is 14.3 Å². The van der Waals surface area contributed by atoms with E-state index >= 15 is 0 Å². The quantitative estimate of drug-likeness (QED) is 0.795. The molecule has 0 spiro atoms. The number of ether oxygens (including phenoxy) is 1. The zero-order chi connectivity index (χ0) is 17.4. The van der Waals surface area contributed by atoms with Crippen molar-refractivity contribution in [2.45, 2.75) is 45.5 Å². The fraction of sp³-hybridized carbons (Fsp3) is 0.647. The van der Waals surface area contributed by atoms with Crippen molar-refractivity contribution in [3.8, 4) is 0 Å². The van der Waals surface area contributed by atoms with Crippen molar-refractivity contribution in [3.05, 3.63) is 24.0 Å². The Morgan fingerprint density at radius 2 is 1.92 bits per heavy atom. The van der Waals surface area contributed by atoms with Gasteiger partial charge >= 0.3 is 0 Å². The first-order valence-corrected chi connectivity index (χ1v) is 11.5. The van der Waals surface area contributed by atoms with Crippen LogP contribution in [0.4, 0.5) is 5.82 Å². The minimum atomic E-state index is -1.77. The Hall–Kier alpha value is -1.44. The van der Waals surface area contributed by atoms with Crippen LogP contribution in [0, 0.1) is 0 Å². The smallest absolute Gasteiger partial charge is 0.192 e. The standard InChI is InChI=1S/C17H28N4O2Si/c1-17(2,3)24(4,5)23-13-14-12-21-15(18-14)6-7-16(19-21)20-8-10-22-11-9-20/h6-7,12H,8-11,13H2,1-5H3. The molecule has 3 rings (SSSR count). The van der Waals surface area contributed by atoms with Gasteiger partial charge in [0.25, 0.3) is 0 Å². The van der Waals surface area contributed by atoms with Crippen LogP contribution in [0.1, 0.15) is 26.5 Å². The average Bonchev–Trinajstić information content (AvgIpc) is 2.95. The van der Waals surface area contributed by atoms with E-state index in [2.05, 4.69) is 43.7 Å². The topological polar surface area (TPSA) is 51.9 Å². The summed E-state index contributed by atoms with van der Waals surface area (Å²) in [6.07, 6.45) is 1.98. The molecule has 0 atom stereocenters. The van der Waals surface area contributed by atoms with Crippen LogP contribution in [0.5, 0.6) is 0 Å². The number of imidazole rings is 1. The molecule has 132 valence electrons. The minimum absolute atomic E-state index is 0.202. The molecule has 0 aliphatic carbocycles. The maximum atomic E-state index is 6.26. The number of hydrogen-bond acceptors (Lipinski definition) is 5. The van der Waals surface area contributed by atoms with Gasteiger partial charge < -0.3 is 14.1 Å². The molecule has 2 aromatic heterocycles. The van der Waals surface area contributed by atoms with Gasteiger partial charge in [0.05, 0.1) is 31.7 Å². The van der Waals surface area contributed by atoms with Gasteiger partial charge in [0, 0.05) is 13.1 Å². The second kappa shape index (κ2) is 6.46.